The smallest absolute Gasteiger partial charge is 0.268 e. The summed E-state index contributed by atoms with van der Waals surface area (Å²) in [6.07, 6.45) is 1.87. The summed E-state index contributed by atoms with van der Waals surface area (Å²) in [6, 6.07) is 1.48. The van der Waals surface area contributed by atoms with Crippen LogP contribution >= 0.6 is 15.9 Å². The molecular formula is C10H13BrN6O. The zero-order valence-corrected chi connectivity index (χ0v) is 11.6. The van der Waals surface area contributed by atoms with Crippen molar-refractivity contribution in [1.29, 1.82) is 0 Å². The van der Waals surface area contributed by atoms with Crippen molar-refractivity contribution in [3.63, 3.8) is 0 Å². The average molecular weight is 313 g/mol. The fraction of sp³-hybridized carbons (Fsp3) is 0.400. The van der Waals surface area contributed by atoms with Gasteiger partial charge < -0.3 is 9.88 Å². The number of nitrogens with zero attached hydrogens (tertiary/aromatic N) is 4. The van der Waals surface area contributed by atoms with Gasteiger partial charge in [-0.05, 0) is 35.8 Å². The highest BCUT2D eigenvalue weighted by Gasteiger charge is 2.17. The molecule has 0 aliphatic heterocycles. The van der Waals surface area contributed by atoms with Crippen LogP contribution in [0.1, 0.15) is 36.2 Å². The maximum absolute atomic E-state index is 12.1. The van der Waals surface area contributed by atoms with Crippen molar-refractivity contribution in [3.05, 3.63) is 28.3 Å². The van der Waals surface area contributed by atoms with Crippen LogP contribution in [0.25, 0.3) is 0 Å². The molecule has 2 aromatic heterocycles. The lowest BCUT2D eigenvalue weighted by Gasteiger charge is -2.11. The van der Waals surface area contributed by atoms with E-state index in [-0.39, 0.29) is 11.9 Å². The first-order valence-corrected chi connectivity index (χ1v) is 6.31. The summed E-state index contributed by atoms with van der Waals surface area (Å²) >= 11 is 3.36. The third-order valence-corrected chi connectivity index (χ3v) is 2.97. The van der Waals surface area contributed by atoms with Crippen molar-refractivity contribution in [3.8, 4) is 0 Å². The molecule has 2 aromatic rings. The number of hydrogen-bond acceptors (Lipinski definition) is 4. The fourth-order valence-corrected chi connectivity index (χ4v) is 2.08. The lowest BCUT2D eigenvalue weighted by Crippen LogP contribution is -2.29. The number of aromatic amines is 1. The first-order chi connectivity index (χ1) is 8.61. The first kappa shape index (κ1) is 12.7. The van der Waals surface area contributed by atoms with Gasteiger partial charge in [-0.2, -0.15) is 5.21 Å². The second-order valence-electron chi connectivity index (χ2n) is 3.79. The highest BCUT2D eigenvalue weighted by molar-refractivity contribution is 9.10. The zero-order chi connectivity index (χ0) is 13.1. The van der Waals surface area contributed by atoms with Crippen LogP contribution in [-0.4, -0.2) is 31.1 Å². The van der Waals surface area contributed by atoms with Crippen molar-refractivity contribution in [2.75, 3.05) is 0 Å². The van der Waals surface area contributed by atoms with Crippen LogP contribution in [0.15, 0.2) is 16.7 Å². The quantitative estimate of drug-likeness (QED) is 0.890. The van der Waals surface area contributed by atoms with E-state index < -0.39 is 0 Å². The van der Waals surface area contributed by atoms with Gasteiger partial charge in [-0.1, -0.05) is 5.21 Å². The van der Waals surface area contributed by atoms with Crippen molar-refractivity contribution in [2.45, 2.75) is 26.4 Å². The van der Waals surface area contributed by atoms with Crippen LogP contribution in [0, 0.1) is 0 Å². The van der Waals surface area contributed by atoms with Gasteiger partial charge in [0.15, 0.2) is 5.82 Å². The van der Waals surface area contributed by atoms with Crippen molar-refractivity contribution < 1.29 is 4.79 Å². The van der Waals surface area contributed by atoms with E-state index in [9.17, 15) is 4.79 Å². The molecule has 7 nitrogen and oxygen atoms in total. The molecule has 8 heteroatoms. The Morgan fingerprint density at radius 1 is 1.67 bits per heavy atom. The number of carbonyl (C=O) groups excluding carboxylic acids is 1. The number of carbonyl (C=O) groups is 1. The van der Waals surface area contributed by atoms with Crippen LogP contribution < -0.4 is 5.32 Å². The zero-order valence-electron chi connectivity index (χ0n) is 10.0. The topological polar surface area (TPSA) is 88.5 Å². The fourth-order valence-electron chi connectivity index (χ4n) is 1.61. The highest BCUT2D eigenvalue weighted by Crippen LogP contribution is 2.16. The summed E-state index contributed by atoms with van der Waals surface area (Å²) in [4.78, 5) is 12.1. The largest absolute Gasteiger partial charge is 0.343 e. The number of rotatable bonds is 4. The molecule has 0 aliphatic rings. The van der Waals surface area contributed by atoms with E-state index >= 15 is 0 Å². The normalized spacial score (nSPS) is 12.4. The van der Waals surface area contributed by atoms with Gasteiger partial charge in [0.05, 0.1) is 6.04 Å². The molecule has 0 aliphatic carbocycles. The van der Waals surface area contributed by atoms with E-state index in [2.05, 4.69) is 41.9 Å². The Labute approximate surface area is 112 Å². The standard InChI is InChI=1S/C10H13BrN6O/c1-3-17-5-7(11)4-8(17)10(18)12-6(2)9-13-15-16-14-9/h4-6H,3H2,1-2H3,(H,12,18)(H,13,14,15,16). The minimum absolute atomic E-state index is 0.167. The first-order valence-electron chi connectivity index (χ1n) is 5.51. The lowest BCUT2D eigenvalue weighted by molar-refractivity contribution is 0.0929. The summed E-state index contributed by atoms with van der Waals surface area (Å²) in [5.41, 5.74) is 0.597. The van der Waals surface area contributed by atoms with Crippen molar-refractivity contribution >= 4 is 21.8 Å². The van der Waals surface area contributed by atoms with Gasteiger partial charge in [0, 0.05) is 17.2 Å². The number of aromatic nitrogens is 5. The number of hydrogen-bond donors (Lipinski definition) is 2. The Bertz CT molecular complexity index is 535. The molecular weight excluding hydrogens is 300 g/mol. The van der Waals surface area contributed by atoms with E-state index in [1.54, 1.807) is 13.0 Å². The van der Waals surface area contributed by atoms with Gasteiger partial charge >= 0.3 is 0 Å². The molecule has 0 radical (unpaired) electrons. The molecule has 1 amide bonds. The average Bonchev–Trinajstić information content (AvgIpc) is 2.96. The molecule has 0 spiro atoms. The Morgan fingerprint density at radius 2 is 2.44 bits per heavy atom. The summed E-state index contributed by atoms with van der Waals surface area (Å²) in [6.45, 7) is 4.51. The Morgan fingerprint density at radius 3 is 3.06 bits per heavy atom. The van der Waals surface area contributed by atoms with Gasteiger partial charge in [0.2, 0.25) is 0 Å². The molecule has 2 rings (SSSR count). The minimum atomic E-state index is -0.296. The predicted octanol–water partition coefficient (Wildman–Crippen LogP) is 1.27. The molecule has 0 fully saturated rings. The lowest BCUT2D eigenvalue weighted by atomic mass is 10.3. The Hall–Kier alpha value is -1.70. The van der Waals surface area contributed by atoms with Crippen LogP contribution in [0.5, 0.6) is 0 Å². The molecule has 0 aromatic carbocycles. The van der Waals surface area contributed by atoms with Crippen LogP contribution in [0.2, 0.25) is 0 Å². The van der Waals surface area contributed by atoms with Gasteiger partial charge in [-0.25, -0.2) is 0 Å². The maximum Gasteiger partial charge on any atom is 0.268 e. The highest BCUT2D eigenvalue weighted by atomic mass is 79.9. The van der Waals surface area contributed by atoms with Gasteiger partial charge in [0.1, 0.15) is 5.69 Å². The molecule has 0 saturated carbocycles. The van der Waals surface area contributed by atoms with Crippen molar-refractivity contribution in [2.24, 2.45) is 0 Å². The molecule has 18 heavy (non-hydrogen) atoms. The van der Waals surface area contributed by atoms with E-state index in [1.807, 2.05) is 17.7 Å². The molecule has 2 N–H and O–H groups in total. The van der Waals surface area contributed by atoms with E-state index in [0.29, 0.717) is 11.5 Å². The number of amides is 1. The van der Waals surface area contributed by atoms with Crippen molar-refractivity contribution in [1.82, 2.24) is 30.5 Å². The monoisotopic (exact) mass is 312 g/mol. The van der Waals surface area contributed by atoms with Gasteiger partial charge in [-0.15, -0.1) is 10.2 Å². The van der Waals surface area contributed by atoms with Crippen LogP contribution in [0.4, 0.5) is 0 Å². The summed E-state index contributed by atoms with van der Waals surface area (Å²) < 4.78 is 2.74. The minimum Gasteiger partial charge on any atom is -0.343 e. The molecule has 2 heterocycles. The third kappa shape index (κ3) is 2.58. The summed E-state index contributed by atoms with van der Waals surface area (Å²) in [5, 5.41) is 16.3. The second-order valence-corrected chi connectivity index (χ2v) is 4.71. The Kier molecular flexibility index (Phi) is 3.75. The summed E-state index contributed by atoms with van der Waals surface area (Å²) in [5.74, 6) is 0.289. The van der Waals surface area contributed by atoms with Crippen LogP contribution in [-0.2, 0) is 6.54 Å². The number of nitrogens with one attached hydrogen (secondary N) is 2. The molecule has 96 valence electrons. The number of H-pyrrole nitrogens is 1. The molecule has 1 unspecified atom stereocenters. The van der Waals surface area contributed by atoms with Crippen LogP contribution in [0.3, 0.4) is 0 Å². The number of halogens is 1. The van der Waals surface area contributed by atoms with E-state index in [4.69, 9.17) is 0 Å². The molecule has 1 atom stereocenters. The maximum atomic E-state index is 12.1. The third-order valence-electron chi connectivity index (χ3n) is 2.53. The number of tetrazole rings is 1. The van der Waals surface area contributed by atoms with E-state index in [0.717, 1.165) is 11.0 Å². The molecule has 0 saturated heterocycles. The number of aryl methyl sites for hydroxylation is 1. The molecule has 0 bridgehead atoms. The SMILES string of the molecule is CCn1cc(Br)cc1C(=O)NC(C)c1nn[nH]n1. The second kappa shape index (κ2) is 5.30. The van der Waals surface area contributed by atoms with Gasteiger partial charge in [-0.3, -0.25) is 4.79 Å². The predicted molar refractivity (Wildman–Crippen MR) is 67.9 cm³/mol. The van der Waals surface area contributed by atoms with E-state index in [1.165, 1.54) is 0 Å². The Balaban J connectivity index is 2.12. The summed E-state index contributed by atoms with van der Waals surface area (Å²) in [7, 11) is 0. The van der Waals surface area contributed by atoms with Gasteiger partial charge in [0.25, 0.3) is 5.91 Å².